The van der Waals surface area contributed by atoms with Crippen LogP contribution in [0.4, 0.5) is 0 Å². The SMILES string of the molecule is CCOC(=O)CC1(O)CCN(C)CC1. The maximum atomic E-state index is 11.2. The number of hydrogen-bond donors (Lipinski definition) is 1. The number of likely N-dealkylation sites (tertiary alicyclic amines) is 1. The smallest absolute Gasteiger partial charge is 0.308 e. The van der Waals surface area contributed by atoms with Crippen molar-refractivity contribution in [1.29, 1.82) is 0 Å². The molecule has 1 aliphatic rings. The van der Waals surface area contributed by atoms with E-state index in [1.807, 2.05) is 7.05 Å². The summed E-state index contributed by atoms with van der Waals surface area (Å²) in [4.78, 5) is 13.4. The first-order valence-corrected chi connectivity index (χ1v) is 5.12. The van der Waals surface area contributed by atoms with E-state index in [4.69, 9.17) is 4.74 Å². The molecule has 4 heteroatoms. The highest BCUT2D eigenvalue weighted by molar-refractivity contribution is 5.70. The molecule has 0 aliphatic carbocycles. The molecule has 0 radical (unpaired) electrons. The summed E-state index contributed by atoms with van der Waals surface area (Å²) in [5.41, 5.74) is -0.835. The predicted molar refractivity (Wildman–Crippen MR) is 52.9 cm³/mol. The summed E-state index contributed by atoms with van der Waals surface area (Å²) < 4.78 is 4.82. The highest BCUT2D eigenvalue weighted by Crippen LogP contribution is 2.25. The van der Waals surface area contributed by atoms with E-state index in [9.17, 15) is 9.90 Å². The van der Waals surface area contributed by atoms with Crippen LogP contribution in [-0.2, 0) is 9.53 Å². The van der Waals surface area contributed by atoms with Gasteiger partial charge in [-0.15, -0.1) is 0 Å². The molecule has 0 aromatic heterocycles. The van der Waals surface area contributed by atoms with Gasteiger partial charge in [0.15, 0.2) is 0 Å². The summed E-state index contributed by atoms with van der Waals surface area (Å²) in [5, 5.41) is 10.1. The molecular formula is C10H19NO3. The van der Waals surface area contributed by atoms with Crippen molar-refractivity contribution >= 4 is 5.97 Å². The third kappa shape index (κ3) is 3.27. The van der Waals surface area contributed by atoms with Crippen molar-refractivity contribution in [3.8, 4) is 0 Å². The van der Waals surface area contributed by atoms with Gasteiger partial charge in [0, 0.05) is 13.1 Å². The van der Waals surface area contributed by atoms with Gasteiger partial charge in [-0.25, -0.2) is 0 Å². The van der Waals surface area contributed by atoms with Crippen molar-refractivity contribution in [2.45, 2.75) is 31.8 Å². The standard InChI is InChI=1S/C10H19NO3/c1-3-14-9(12)8-10(13)4-6-11(2)7-5-10/h13H,3-8H2,1-2H3. The zero-order chi connectivity index (χ0) is 10.6. The Hall–Kier alpha value is -0.610. The van der Waals surface area contributed by atoms with E-state index in [2.05, 4.69) is 4.90 Å². The highest BCUT2D eigenvalue weighted by atomic mass is 16.5. The Balaban J connectivity index is 2.38. The molecule has 0 atom stereocenters. The Labute approximate surface area is 84.8 Å². The van der Waals surface area contributed by atoms with Crippen molar-refractivity contribution in [2.75, 3.05) is 26.7 Å². The van der Waals surface area contributed by atoms with E-state index in [0.29, 0.717) is 19.4 Å². The third-order valence-corrected chi connectivity index (χ3v) is 2.70. The van der Waals surface area contributed by atoms with E-state index < -0.39 is 5.60 Å². The van der Waals surface area contributed by atoms with Crippen LogP contribution in [-0.4, -0.2) is 48.3 Å². The van der Waals surface area contributed by atoms with Crippen LogP contribution in [0.3, 0.4) is 0 Å². The molecule has 0 amide bonds. The van der Waals surface area contributed by atoms with Crippen LogP contribution in [0, 0.1) is 0 Å². The number of ether oxygens (including phenoxy) is 1. The second-order valence-electron chi connectivity index (χ2n) is 4.01. The van der Waals surface area contributed by atoms with E-state index in [1.54, 1.807) is 6.92 Å². The third-order valence-electron chi connectivity index (χ3n) is 2.70. The van der Waals surface area contributed by atoms with Crippen LogP contribution < -0.4 is 0 Å². The Morgan fingerprint density at radius 2 is 2.07 bits per heavy atom. The van der Waals surface area contributed by atoms with E-state index in [1.165, 1.54) is 0 Å². The van der Waals surface area contributed by atoms with Crippen LogP contribution >= 0.6 is 0 Å². The van der Waals surface area contributed by atoms with Gasteiger partial charge >= 0.3 is 5.97 Å². The summed E-state index contributed by atoms with van der Waals surface area (Å²) in [6.45, 7) is 3.84. The molecule has 0 bridgehead atoms. The minimum atomic E-state index is -0.835. The largest absolute Gasteiger partial charge is 0.466 e. The molecular weight excluding hydrogens is 182 g/mol. The van der Waals surface area contributed by atoms with Crippen molar-refractivity contribution < 1.29 is 14.6 Å². The number of hydrogen-bond acceptors (Lipinski definition) is 4. The molecule has 1 saturated heterocycles. The van der Waals surface area contributed by atoms with Gasteiger partial charge in [0.05, 0.1) is 18.6 Å². The lowest BCUT2D eigenvalue weighted by atomic mass is 9.88. The number of aliphatic hydroxyl groups is 1. The lowest BCUT2D eigenvalue weighted by Gasteiger charge is -2.35. The molecule has 0 unspecified atom stereocenters. The molecule has 0 spiro atoms. The average Bonchev–Trinajstić information content (AvgIpc) is 2.11. The van der Waals surface area contributed by atoms with Crippen molar-refractivity contribution in [2.24, 2.45) is 0 Å². The van der Waals surface area contributed by atoms with Crippen molar-refractivity contribution in [3.05, 3.63) is 0 Å². The van der Waals surface area contributed by atoms with E-state index in [-0.39, 0.29) is 12.4 Å². The maximum Gasteiger partial charge on any atom is 0.308 e. The molecule has 14 heavy (non-hydrogen) atoms. The average molecular weight is 201 g/mol. The number of nitrogens with zero attached hydrogens (tertiary/aromatic N) is 1. The van der Waals surface area contributed by atoms with Gasteiger partial charge in [0.1, 0.15) is 0 Å². The lowest BCUT2D eigenvalue weighted by Crippen LogP contribution is -2.44. The summed E-state index contributed by atoms with van der Waals surface area (Å²) in [6, 6.07) is 0. The molecule has 1 aliphatic heterocycles. The maximum absolute atomic E-state index is 11.2. The number of carbonyl (C=O) groups excluding carboxylic acids is 1. The molecule has 0 saturated carbocycles. The quantitative estimate of drug-likeness (QED) is 0.671. The van der Waals surface area contributed by atoms with Crippen molar-refractivity contribution in [1.82, 2.24) is 4.90 Å². The van der Waals surface area contributed by atoms with Gasteiger partial charge in [0.2, 0.25) is 0 Å². The van der Waals surface area contributed by atoms with Gasteiger partial charge in [-0.2, -0.15) is 0 Å². The Morgan fingerprint density at radius 3 is 2.57 bits per heavy atom. The van der Waals surface area contributed by atoms with E-state index in [0.717, 1.165) is 13.1 Å². The zero-order valence-electron chi connectivity index (χ0n) is 8.95. The molecule has 0 aromatic carbocycles. The number of piperidine rings is 1. The number of rotatable bonds is 3. The Bertz CT molecular complexity index is 198. The lowest BCUT2D eigenvalue weighted by molar-refractivity contribution is -0.150. The molecule has 1 rings (SSSR count). The predicted octanol–water partition coefficient (Wildman–Crippen LogP) is 0.396. The highest BCUT2D eigenvalue weighted by Gasteiger charge is 2.33. The molecule has 0 aromatic rings. The second kappa shape index (κ2) is 4.75. The fraction of sp³-hybridized carbons (Fsp3) is 0.900. The summed E-state index contributed by atoms with van der Waals surface area (Å²) in [5.74, 6) is -0.292. The van der Waals surface area contributed by atoms with Crippen LogP contribution in [0.5, 0.6) is 0 Å². The fourth-order valence-corrected chi connectivity index (χ4v) is 1.69. The minimum Gasteiger partial charge on any atom is -0.466 e. The first-order valence-electron chi connectivity index (χ1n) is 5.12. The van der Waals surface area contributed by atoms with Gasteiger partial charge < -0.3 is 14.7 Å². The van der Waals surface area contributed by atoms with E-state index >= 15 is 0 Å². The molecule has 1 fully saturated rings. The van der Waals surface area contributed by atoms with Gasteiger partial charge in [-0.3, -0.25) is 4.79 Å². The first kappa shape index (κ1) is 11.5. The van der Waals surface area contributed by atoms with Crippen LogP contribution in [0.2, 0.25) is 0 Å². The monoisotopic (exact) mass is 201 g/mol. The van der Waals surface area contributed by atoms with Gasteiger partial charge in [-0.05, 0) is 26.8 Å². The Kier molecular flexibility index (Phi) is 3.89. The second-order valence-corrected chi connectivity index (χ2v) is 4.01. The fourth-order valence-electron chi connectivity index (χ4n) is 1.69. The van der Waals surface area contributed by atoms with Crippen molar-refractivity contribution in [3.63, 3.8) is 0 Å². The normalized spacial score (nSPS) is 21.9. The summed E-state index contributed by atoms with van der Waals surface area (Å²) >= 11 is 0. The first-order chi connectivity index (χ1) is 6.56. The Morgan fingerprint density at radius 1 is 1.50 bits per heavy atom. The molecule has 82 valence electrons. The van der Waals surface area contributed by atoms with Gasteiger partial charge in [0.25, 0.3) is 0 Å². The van der Waals surface area contributed by atoms with Gasteiger partial charge in [-0.1, -0.05) is 0 Å². The van der Waals surface area contributed by atoms with Crippen LogP contribution in [0.25, 0.3) is 0 Å². The molecule has 1 heterocycles. The summed E-state index contributed by atoms with van der Waals surface area (Å²) in [6.07, 6.45) is 1.44. The minimum absolute atomic E-state index is 0.134. The van der Waals surface area contributed by atoms with Crippen LogP contribution in [0.15, 0.2) is 0 Å². The molecule has 4 nitrogen and oxygen atoms in total. The van der Waals surface area contributed by atoms with Crippen LogP contribution in [0.1, 0.15) is 26.2 Å². The zero-order valence-corrected chi connectivity index (χ0v) is 8.95. The number of esters is 1. The number of carbonyl (C=O) groups is 1. The topological polar surface area (TPSA) is 49.8 Å². The molecule has 1 N–H and O–H groups in total. The summed E-state index contributed by atoms with van der Waals surface area (Å²) in [7, 11) is 2.02.